The van der Waals surface area contributed by atoms with Crippen molar-refractivity contribution in [3.63, 3.8) is 0 Å². The Kier molecular flexibility index (Phi) is 6.98. The molecule has 1 aromatic rings. The van der Waals surface area contributed by atoms with Gasteiger partial charge in [0, 0.05) is 38.0 Å². The van der Waals surface area contributed by atoms with E-state index in [0.717, 1.165) is 19.6 Å². The number of nitrogens with zero attached hydrogens (tertiary/aromatic N) is 1. The van der Waals surface area contributed by atoms with Gasteiger partial charge in [-0.2, -0.15) is 0 Å². The van der Waals surface area contributed by atoms with Crippen LogP contribution in [-0.4, -0.2) is 64.4 Å². The SMILES string of the molecule is CC(C)CN1CCOC(CNC(=O)c2cccc(CS(C)(=O)=O)c2)C1. The first-order chi connectivity index (χ1) is 11.7. The molecule has 25 heavy (non-hydrogen) atoms. The van der Waals surface area contributed by atoms with Crippen molar-refractivity contribution in [3.8, 4) is 0 Å². The number of hydrogen-bond acceptors (Lipinski definition) is 5. The van der Waals surface area contributed by atoms with Gasteiger partial charge < -0.3 is 10.1 Å². The standard InChI is InChI=1S/C18H28N2O4S/c1-14(2)11-20-7-8-24-17(12-20)10-19-18(21)16-6-4-5-15(9-16)13-25(3,22)23/h4-6,9,14,17H,7-8,10-13H2,1-3H3,(H,19,21). The van der Waals surface area contributed by atoms with Crippen molar-refractivity contribution in [2.24, 2.45) is 5.92 Å². The van der Waals surface area contributed by atoms with Gasteiger partial charge in [0.1, 0.15) is 0 Å². The normalized spacial score (nSPS) is 19.1. The van der Waals surface area contributed by atoms with Crippen LogP contribution in [0.5, 0.6) is 0 Å². The monoisotopic (exact) mass is 368 g/mol. The maximum Gasteiger partial charge on any atom is 0.251 e. The number of ether oxygens (including phenoxy) is 1. The van der Waals surface area contributed by atoms with Gasteiger partial charge >= 0.3 is 0 Å². The topological polar surface area (TPSA) is 75.7 Å². The molecular weight excluding hydrogens is 340 g/mol. The quantitative estimate of drug-likeness (QED) is 0.786. The van der Waals surface area contributed by atoms with E-state index in [4.69, 9.17) is 4.74 Å². The van der Waals surface area contributed by atoms with Gasteiger partial charge in [-0.15, -0.1) is 0 Å². The minimum Gasteiger partial charge on any atom is -0.374 e. The van der Waals surface area contributed by atoms with E-state index in [1.54, 1.807) is 24.3 Å². The van der Waals surface area contributed by atoms with Crippen molar-refractivity contribution in [1.82, 2.24) is 10.2 Å². The fourth-order valence-electron chi connectivity index (χ4n) is 3.00. The molecule has 7 heteroatoms. The van der Waals surface area contributed by atoms with Crippen LogP contribution < -0.4 is 5.32 Å². The summed E-state index contributed by atoms with van der Waals surface area (Å²) in [5, 5.41) is 2.89. The summed E-state index contributed by atoms with van der Waals surface area (Å²) in [6, 6.07) is 6.74. The molecule has 0 saturated carbocycles. The highest BCUT2D eigenvalue weighted by atomic mass is 32.2. The van der Waals surface area contributed by atoms with E-state index in [0.29, 0.717) is 30.2 Å². The van der Waals surface area contributed by atoms with E-state index in [9.17, 15) is 13.2 Å². The van der Waals surface area contributed by atoms with Crippen LogP contribution in [0, 0.1) is 5.92 Å². The third-order valence-corrected chi connectivity index (χ3v) is 4.81. The molecule has 0 bridgehead atoms. The largest absolute Gasteiger partial charge is 0.374 e. The Bertz CT molecular complexity index is 688. The zero-order chi connectivity index (χ0) is 18.4. The molecule has 2 rings (SSSR count). The Morgan fingerprint density at radius 1 is 1.40 bits per heavy atom. The zero-order valence-corrected chi connectivity index (χ0v) is 16.0. The molecule has 0 radical (unpaired) electrons. The molecule has 1 unspecified atom stereocenters. The highest BCUT2D eigenvalue weighted by Crippen LogP contribution is 2.10. The van der Waals surface area contributed by atoms with Gasteiger partial charge in [0.25, 0.3) is 5.91 Å². The van der Waals surface area contributed by atoms with E-state index in [2.05, 4.69) is 24.1 Å². The molecule has 1 aliphatic rings. The Balaban J connectivity index is 1.88. The number of rotatable bonds is 7. The average Bonchev–Trinajstić information content (AvgIpc) is 2.51. The number of benzene rings is 1. The number of sulfone groups is 1. The van der Waals surface area contributed by atoms with Gasteiger partial charge in [-0.1, -0.05) is 26.0 Å². The van der Waals surface area contributed by atoms with Crippen LogP contribution in [0.1, 0.15) is 29.8 Å². The molecule has 0 spiro atoms. The van der Waals surface area contributed by atoms with Gasteiger partial charge in [0.2, 0.25) is 0 Å². The van der Waals surface area contributed by atoms with Crippen molar-refractivity contribution in [3.05, 3.63) is 35.4 Å². The van der Waals surface area contributed by atoms with Crippen LogP contribution in [0.4, 0.5) is 0 Å². The highest BCUT2D eigenvalue weighted by molar-refractivity contribution is 7.89. The van der Waals surface area contributed by atoms with Crippen LogP contribution in [0.25, 0.3) is 0 Å². The fourth-order valence-corrected chi connectivity index (χ4v) is 3.78. The summed E-state index contributed by atoms with van der Waals surface area (Å²) in [5.41, 5.74) is 1.09. The smallest absolute Gasteiger partial charge is 0.251 e. The number of morpholine rings is 1. The summed E-state index contributed by atoms with van der Waals surface area (Å²) in [6.07, 6.45) is 1.17. The Morgan fingerprint density at radius 3 is 2.84 bits per heavy atom. The summed E-state index contributed by atoms with van der Waals surface area (Å²) < 4.78 is 28.5. The van der Waals surface area contributed by atoms with Crippen molar-refractivity contribution in [2.75, 3.05) is 39.0 Å². The van der Waals surface area contributed by atoms with E-state index in [1.807, 2.05) is 0 Å². The first-order valence-corrected chi connectivity index (χ1v) is 10.7. The molecule has 1 fully saturated rings. The molecule has 1 heterocycles. The third-order valence-electron chi connectivity index (χ3n) is 3.95. The Labute approximate surface area is 150 Å². The number of hydrogen-bond donors (Lipinski definition) is 1. The van der Waals surface area contributed by atoms with E-state index < -0.39 is 9.84 Å². The predicted octanol–water partition coefficient (Wildman–Crippen LogP) is 1.32. The summed E-state index contributed by atoms with van der Waals surface area (Å²) in [4.78, 5) is 14.7. The number of amides is 1. The number of carbonyl (C=O) groups is 1. The van der Waals surface area contributed by atoms with Gasteiger partial charge in [-0.25, -0.2) is 8.42 Å². The van der Waals surface area contributed by atoms with Crippen LogP contribution >= 0.6 is 0 Å². The molecule has 1 aromatic carbocycles. The van der Waals surface area contributed by atoms with Gasteiger partial charge in [-0.05, 0) is 23.6 Å². The summed E-state index contributed by atoms with van der Waals surface area (Å²) >= 11 is 0. The molecule has 1 aliphatic heterocycles. The van der Waals surface area contributed by atoms with Crippen LogP contribution in [0.3, 0.4) is 0 Å². The lowest BCUT2D eigenvalue weighted by molar-refractivity contribution is -0.0295. The molecule has 140 valence electrons. The second-order valence-electron chi connectivity index (χ2n) is 7.13. The lowest BCUT2D eigenvalue weighted by Crippen LogP contribution is -2.48. The molecular formula is C18H28N2O4S. The van der Waals surface area contributed by atoms with Crippen molar-refractivity contribution < 1.29 is 17.9 Å². The van der Waals surface area contributed by atoms with Gasteiger partial charge in [0.15, 0.2) is 9.84 Å². The lowest BCUT2D eigenvalue weighted by Gasteiger charge is -2.33. The van der Waals surface area contributed by atoms with Gasteiger partial charge in [0.05, 0.1) is 18.5 Å². The second-order valence-corrected chi connectivity index (χ2v) is 9.27. The van der Waals surface area contributed by atoms with Crippen molar-refractivity contribution >= 4 is 15.7 Å². The Morgan fingerprint density at radius 2 is 2.16 bits per heavy atom. The van der Waals surface area contributed by atoms with E-state index in [1.165, 1.54) is 6.26 Å². The molecule has 1 saturated heterocycles. The third kappa shape index (κ3) is 7.13. The predicted molar refractivity (Wildman–Crippen MR) is 98.3 cm³/mol. The van der Waals surface area contributed by atoms with Crippen LogP contribution in [0.15, 0.2) is 24.3 Å². The molecule has 1 N–H and O–H groups in total. The molecule has 1 amide bonds. The first-order valence-electron chi connectivity index (χ1n) is 8.62. The minimum absolute atomic E-state index is 0.0179. The fraction of sp³-hybridized carbons (Fsp3) is 0.611. The maximum atomic E-state index is 12.3. The summed E-state index contributed by atoms with van der Waals surface area (Å²) in [6.45, 7) is 8.27. The molecule has 0 aliphatic carbocycles. The average molecular weight is 368 g/mol. The first kappa shape index (κ1) is 19.9. The summed E-state index contributed by atoms with van der Waals surface area (Å²) in [5.74, 6) is 0.329. The minimum atomic E-state index is -3.12. The molecule has 0 aromatic heterocycles. The highest BCUT2D eigenvalue weighted by Gasteiger charge is 2.21. The number of nitrogens with one attached hydrogen (secondary N) is 1. The Hall–Kier alpha value is -1.44. The van der Waals surface area contributed by atoms with E-state index in [-0.39, 0.29) is 17.8 Å². The second kappa shape index (κ2) is 8.78. The zero-order valence-electron chi connectivity index (χ0n) is 15.2. The maximum absolute atomic E-state index is 12.3. The van der Waals surface area contributed by atoms with Crippen LogP contribution in [0.2, 0.25) is 0 Å². The van der Waals surface area contributed by atoms with Crippen molar-refractivity contribution in [1.29, 1.82) is 0 Å². The number of carbonyl (C=O) groups excluding carboxylic acids is 1. The van der Waals surface area contributed by atoms with Crippen molar-refractivity contribution in [2.45, 2.75) is 25.7 Å². The molecule has 1 atom stereocenters. The van der Waals surface area contributed by atoms with Gasteiger partial charge in [-0.3, -0.25) is 9.69 Å². The van der Waals surface area contributed by atoms with Crippen LogP contribution in [-0.2, 0) is 20.3 Å². The summed E-state index contributed by atoms with van der Waals surface area (Å²) in [7, 11) is -3.12. The molecule has 6 nitrogen and oxygen atoms in total. The lowest BCUT2D eigenvalue weighted by atomic mass is 10.1. The van der Waals surface area contributed by atoms with E-state index >= 15 is 0 Å².